The van der Waals surface area contributed by atoms with Crippen molar-refractivity contribution in [2.24, 2.45) is 0 Å². The Bertz CT molecular complexity index is 40.2. The first kappa shape index (κ1) is 42.2. The van der Waals surface area contributed by atoms with Gasteiger partial charge in [0.05, 0.1) is 0 Å². The topological polar surface area (TPSA) is 0 Å². The first-order valence-corrected chi connectivity index (χ1v) is 1.23. The van der Waals surface area contributed by atoms with Crippen LogP contribution in [0.15, 0.2) is 25.8 Å². The van der Waals surface area contributed by atoms with E-state index in [9.17, 15) is 8.78 Å². The lowest BCUT2D eigenvalue weighted by Crippen LogP contribution is -1.33. The van der Waals surface area contributed by atoms with Gasteiger partial charge in [0.2, 0.25) is 0 Å². The van der Waals surface area contributed by atoms with Gasteiger partial charge in [0, 0.05) is 0 Å². The van der Waals surface area contributed by atoms with Crippen LogP contribution in [0, 0.1) is 0 Å². The monoisotopic (exact) mass is 152 g/mol. The summed E-state index contributed by atoms with van der Waals surface area (Å²) in [5.74, 6) is 0. The van der Waals surface area contributed by atoms with Gasteiger partial charge in [-0.1, -0.05) is 0 Å². The summed E-state index contributed by atoms with van der Waals surface area (Å²) in [5, 5.41) is 0. The molecule has 0 aliphatic rings. The Balaban J connectivity index is -0.00000000990. The molecule has 0 atom stereocenters. The van der Waals surface area contributed by atoms with Crippen LogP contribution in [0.4, 0.5) is 22.9 Å². The van der Waals surface area contributed by atoms with Gasteiger partial charge in [0.1, 0.15) is 0 Å². The predicted molar refractivity (Wildman–Crippen MR) is 30.1 cm³/mol. The lowest BCUT2D eigenvalue weighted by Gasteiger charge is -1.54. The van der Waals surface area contributed by atoms with Crippen LogP contribution in [-0.4, -0.2) is 0 Å². The summed E-state index contributed by atoms with van der Waals surface area (Å²) in [4.78, 5) is 0. The maximum absolute atomic E-state index is 10.1. The standard InChI is InChI=1S/C2H2F2.C2H4.3FH/c1-2(3)4;1-2;;;/h1H2;1-2H2;3*1H. The Morgan fingerprint density at radius 3 is 0.889 bits per heavy atom. The number of rotatable bonds is 0. The highest BCUT2D eigenvalue weighted by Gasteiger charge is 1.65. The summed E-state index contributed by atoms with van der Waals surface area (Å²) in [6.07, 6.45) is -1.83. The fourth-order valence-electron chi connectivity index (χ4n) is 0. The zero-order valence-electron chi connectivity index (χ0n) is 4.60. The molecular formula is C4H9F5. The maximum Gasteiger partial charge on any atom is 0.263 e. The van der Waals surface area contributed by atoms with E-state index in [1.807, 2.05) is 0 Å². The molecule has 0 aliphatic heterocycles. The normalized spacial score (nSPS) is 3.33. The van der Waals surface area contributed by atoms with E-state index in [1.54, 1.807) is 0 Å². The first-order chi connectivity index (χ1) is 2.73. The van der Waals surface area contributed by atoms with Gasteiger partial charge in [-0.2, -0.15) is 8.78 Å². The molecule has 0 aromatic rings. The van der Waals surface area contributed by atoms with Gasteiger partial charge < -0.3 is 0 Å². The average molecular weight is 152 g/mol. The molecule has 0 aromatic heterocycles. The summed E-state index contributed by atoms with van der Waals surface area (Å²) in [5.41, 5.74) is 0. The molecule has 0 unspecified atom stereocenters. The Kier molecular flexibility index (Phi) is 277. The third kappa shape index (κ3) is 248. The van der Waals surface area contributed by atoms with Crippen molar-refractivity contribution < 1.29 is 22.9 Å². The van der Waals surface area contributed by atoms with Gasteiger partial charge in [0.25, 0.3) is 6.08 Å². The van der Waals surface area contributed by atoms with Crippen molar-refractivity contribution in [1.82, 2.24) is 0 Å². The molecule has 0 spiro atoms. The average Bonchev–Trinajstić information content (AvgIpc) is 1.41. The number of halogens is 5. The fraction of sp³-hybridized carbons (Fsp3) is 0. The highest BCUT2D eigenvalue weighted by Crippen LogP contribution is 1.85. The molecular weight excluding hydrogens is 143 g/mol. The van der Waals surface area contributed by atoms with Gasteiger partial charge in [0.15, 0.2) is 0 Å². The Labute approximate surface area is 50.0 Å². The van der Waals surface area contributed by atoms with Crippen molar-refractivity contribution in [2.45, 2.75) is 0 Å². The molecule has 0 fully saturated rings. The predicted octanol–water partition coefficient (Wildman–Crippen LogP) is 2.66. The largest absolute Gasteiger partial charge is 0.269 e. The van der Waals surface area contributed by atoms with Gasteiger partial charge in [-0.3, -0.25) is 14.1 Å². The van der Waals surface area contributed by atoms with Gasteiger partial charge in [-0.25, -0.2) is 0 Å². The van der Waals surface area contributed by atoms with E-state index < -0.39 is 6.08 Å². The van der Waals surface area contributed by atoms with Crippen molar-refractivity contribution >= 4 is 0 Å². The fourth-order valence-corrected chi connectivity index (χ4v) is 0. The van der Waals surface area contributed by atoms with E-state index >= 15 is 0 Å². The van der Waals surface area contributed by atoms with E-state index in [4.69, 9.17) is 0 Å². The zero-order chi connectivity index (χ0) is 5.58. The van der Waals surface area contributed by atoms with Crippen LogP contribution in [0.1, 0.15) is 0 Å². The molecule has 60 valence electrons. The molecule has 0 N–H and O–H groups in total. The van der Waals surface area contributed by atoms with Crippen molar-refractivity contribution in [3.05, 3.63) is 25.8 Å². The smallest absolute Gasteiger partial charge is 0.263 e. The molecule has 0 bridgehead atoms. The highest BCUT2D eigenvalue weighted by atomic mass is 19.3. The Hall–Kier alpha value is -0.870. The highest BCUT2D eigenvalue weighted by molar-refractivity contribution is 4.57. The molecule has 0 heterocycles. The summed E-state index contributed by atoms with van der Waals surface area (Å²) in [7, 11) is 0. The van der Waals surface area contributed by atoms with Crippen LogP contribution in [0.25, 0.3) is 0 Å². The van der Waals surface area contributed by atoms with E-state index in [0.29, 0.717) is 0 Å². The minimum Gasteiger partial charge on any atom is -0.269 e. The number of hydrogen-bond acceptors (Lipinski definition) is 0. The van der Waals surface area contributed by atoms with Crippen LogP contribution in [0.5, 0.6) is 0 Å². The minimum absolute atomic E-state index is 0. The minimum atomic E-state index is -1.83. The van der Waals surface area contributed by atoms with E-state index in [1.165, 1.54) is 0 Å². The van der Waals surface area contributed by atoms with E-state index in [2.05, 4.69) is 19.7 Å². The van der Waals surface area contributed by atoms with Crippen LogP contribution < -0.4 is 0 Å². The Morgan fingerprint density at radius 1 is 0.889 bits per heavy atom. The second-order valence-corrected chi connectivity index (χ2v) is 0.339. The summed E-state index contributed by atoms with van der Waals surface area (Å²) >= 11 is 0. The molecule has 0 aromatic carbocycles. The third-order valence-electron chi connectivity index (χ3n) is 0. The second-order valence-electron chi connectivity index (χ2n) is 0.339. The lowest BCUT2D eigenvalue weighted by molar-refractivity contribution is 0.426. The quantitative estimate of drug-likeness (QED) is 0.369. The van der Waals surface area contributed by atoms with Crippen molar-refractivity contribution in [1.29, 1.82) is 0 Å². The van der Waals surface area contributed by atoms with Crippen LogP contribution in [0.3, 0.4) is 0 Å². The van der Waals surface area contributed by atoms with Crippen molar-refractivity contribution in [3.63, 3.8) is 0 Å². The molecule has 0 nitrogen and oxygen atoms in total. The van der Waals surface area contributed by atoms with Crippen LogP contribution >= 0.6 is 0 Å². The molecule has 5 heteroatoms. The van der Waals surface area contributed by atoms with E-state index in [-0.39, 0.29) is 14.1 Å². The summed E-state index contributed by atoms with van der Waals surface area (Å²) in [6, 6.07) is 0. The molecule has 0 radical (unpaired) electrons. The zero-order valence-corrected chi connectivity index (χ0v) is 4.60. The lowest BCUT2D eigenvalue weighted by atomic mass is 11.2. The molecule has 0 aliphatic carbocycles. The van der Waals surface area contributed by atoms with Crippen LogP contribution in [0.2, 0.25) is 0 Å². The molecule has 0 rings (SSSR count). The van der Waals surface area contributed by atoms with Crippen LogP contribution in [-0.2, 0) is 0 Å². The third-order valence-corrected chi connectivity index (χ3v) is 0. The van der Waals surface area contributed by atoms with E-state index in [0.717, 1.165) is 0 Å². The molecule has 0 amide bonds. The summed E-state index contributed by atoms with van der Waals surface area (Å²) < 4.78 is 20.3. The number of hydrogen-bond donors (Lipinski definition) is 0. The Morgan fingerprint density at radius 2 is 0.889 bits per heavy atom. The SMILES string of the molecule is C=C.C=C(F)F.F.F.F. The molecule has 0 saturated carbocycles. The summed E-state index contributed by atoms with van der Waals surface area (Å²) in [6.45, 7) is 8.22. The van der Waals surface area contributed by atoms with Gasteiger partial charge in [-0.05, 0) is 6.58 Å². The molecule has 9 heavy (non-hydrogen) atoms. The van der Waals surface area contributed by atoms with Gasteiger partial charge in [-0.15, -0.1) is 13.2 Å². The van der Waals surface area contributed by atoms with Gasteiger partial charge >= 0.3 is 0 Å². The second kappa shape index (κ2) is 59.1. The first-order valence-electron chi connectivity index (χ1n) is 1.23. The van der Waals surface area contributed by atoms with Crippen molar-refractivity contribution in [2.75, 3.05) is 0 Å². The maximum atomic E-state index is 10.1. The van der Waals surface area contributed by atoms with Crippen molar-refractivity contribution in [3.8, 4) is 0 Å². The molecule has 0 saturated heterocycles.